The van der Waals surface area contributed by atoms with E-state index in [2.05, 4.69) is 0 Å². The van der Waals surface area contributed by atoms with Crippen LogP contribution < -0.4 is 10.4 Å². The molecule has 0 aliphatic heterocycles. The van der Waals surface area contributed by atoms with Gasteiger partial charge in [0.25, 0.3) is 0 Å². The third-order valence-corrected chi connectivity index (χ3v) is 3.67. The van der Waals surface area contributed by atoms with Gasteiger partial charge in [-0.3, -0.25) is 0 Å². The quantitative estimate of drug-likeness (QED) is 0.511. The van der Waals surface area contributed by atoms with Gasteiger partial charge in [-0.25, -0.2) is 4.79 Å². The van der Waals surface area contributed by atoms with Crippen LogP contribution in [0.25, 0.3) is 11.0 Å². The fraction of sp³-hybridized carbons (Fsp3) is 0.0625. The second-order valence-electron chi connectivity index (χ2n) is 4.36. The van der Waals surface area contributed by atoms with E-state index in [-0.39, 0.29) is 5.63 Å². The Balaban J connectivity index is 1.86. The molecule has 0 aliphatic rings. The molecule has 4 heteroatoms. The molecule has 3 aromatic rings. The van der Waals surface area contributed by atoms with Gasteiger partial charge < -0.3 is 9.15 Å². The Kier molecular flexibility index (Phi) is 3.73. The van der Waals surface area contributed by atoms with Crippen molar-refractivity contribution in [2.75, 3.05) is 0 Å². The lowest BCUT2D eigenvalue weighted by Crippen LogP contribution is -2.02. The van der Waals surface area contributed by atoms with E-state index in [1.54, 1.807) is 6.07 Å². The summed E-state index contributed by atoms with van der Waals surface area (Å²) in [6.07, 6.45) is 0. The molecule has 0 amide bonds. The van der Waals surface area contributed by atoms with Crippen molar-refractivity contribution in [1.82, 2.24) is 0 Å². The molecule has 2 aromatic carbocycles. The van der Waals surface area contributed by atoms with E-state index >= 15 is 0 Å². The first kappa shape index (κ1) is 13.2. The summed E-state index contributed by atoms with van der Waals surface area (Å²) in [6, 6.07) is 17.2. The van der Waals surface area contributed by atoms with Crippen molar-refractivity contribution >= 4 is 33.6 Å². The van der Waals surface area contributed by atoms with Crippen molar-refractivity contribution < 1.29 is 9.15 Å². The Labute approximate surface area is 129 Å². The highest BCUT2D eigenvalue weighted by molar-refractivity contribution is 14.1. The zero-order valence-electron chi connectivity index (χ0n) is 10.5. The standard InChI is InChI=1S/C16H11IO3/c17-14-8-12-6-7-13(9-15(12)20-16(14)18)19-10-11-4-2-1-3-5-11/h1-9H,10H2. The minimum Gasteiger partial charge on any atom is -0.489 e. The molecule has 3 rings (SSSR count). The molecule has 0 aliphatic carbocycles. The van der Waals surface area contributed by atoms with Crippen LogP contribution in [-0.4, -0.2) is 0 Å². The van der Waals surface area contributed by atoms with Gasteiger partial charge in [-0.05, 0) is 46.4 Å². The van der Waals surface area contributed by atoms with Gasteiger partial charge in [-0.2, -0.15) is 0 Å². The SMILES string of the molecule is O=c1oc2cc(OCc3ccccc3)ccc2cc1I. The summed E-state index contributed by atoms with van der Waals surface area (Å²) in [5.41, 5.74) is 1.32. The van der Waals surface area contributed by atoms with Gasteiger partial charge in [0.2, 0.25) is 0 Å². The molecular formula is C16H11IO3. The largest absolute Gasteiger partial charge is 0.489 e. The minimum atomic E-state index is -0.321. The summed E-state index contributed by atoms with van der Waals surface area (Å²) in [5, 5.41) is 0.890. The Hall–Kier alpha value is -1.82. The van der Waals surface area contributed by atoms with Crippen LogP contribution in [0.2, 0.25) is 0 Å². The van der Waals surface area contributed by atoms with Crippen LogP contribution in [0.15, 0.2) is 63.8 Å². The van der Waals surface area contributed by atoms with Gasteiger partial charge in [0, 0.05) is 11.5 Å². The highest BCUT2D eigenvalue weighted by Crippen LogP contribution is 2.21. The molecule has 0 saturated heterocycles. The van der Waals surface area contributed by atoms with Crippen LogP contribution in [0.5, 0.6) is 5.75 Å². The summed E-state index contributed by atoms with van der Waals surface area (Å²) in [7, 11) is 0. The van der Waals surface area contributed by atoms with Gasteiger partial charge in [-0.15, -0.1) is 0 Å². The molecule has 0 unspecified atom stereocenters. The molecule has 1 heterocycles. The zero-order chi connectivity index (χ0) is 13.9. The lowest BCUT2D eigenvalue weighted by atomic mass is 10.2. The van der Waals surface area contributed by atoms with E-state index in [9.17, 15) is 4.79 Å². The van der Waals surface area contributed by atoms with Gasteiger partial charge >= 0.3 is 5.63 Å². The lowest BCUT2D eigenvalue weighted by Gasteiger charge is -2.07. The molecule has 0 bridgehead atoms. The summed E-state index contributed by atoms with van der Waals surface area (Å²) in [5.74, 6) is 0.686. The lowest BCUT2D eigenvalue weighted by molar-refractivity contribution is 0.306. The van der Waals surface area contributed by atoms with Crippen molar-refractivity contribution in [2.45, 2.75) is 6.61 Å². The van der Waals surface area contributed by atoms with Crippen molar-refractivity contribution in [3.8, 4) is 5.75 Å². The molecule has 0 spiro atoms. The van der Waals surface area contributed by atoms with Crippen molar-refractivity contribution in [3.63, 3.8) is 0 Å². The number of benzene rings is 2. The van der Waals surface area contributed by atoms with E-state index in [1.807, 2.05) is 71.1 Å². The topological polar surface area (TPSA) is 39.4 Å². The van der Waals surface area contributed by atoms with E-state index in [1.165, 1.54) is 0 Å². The Morgan fingerprint density at radius 1 is 1.05 bits per heavy atom. The number of ether oxygens (including phenoxy) is 1. The van der Waals surface area contributed by atoms with Gasteiger partial charge in [0.15, 0.2) is 0 Å². The number of halogens is 1. The third kappa shape index (κ3) is 2.85. The smallest absolute Gasteiger partial charge is 0.349 e. The number of fused-ring (bicyclic) bond motifs is 1. The molecule has 1 aromatic heterocycles. The summed E-state index contributed by atoms with van der Waals surface area (Å²) >= 11 is 1.97. The first-order chi connectivity index (χ1) is 9.72. The summed E-state index contributed by atoms with van der Waals surface area (Å²) < 4.78 is 11.5. The Bertz CT molecular complexity index is 794. The number of hydrogen-bond acceptors (Lipinski definition) is 3. The highest BCUT2D eigenvalue weighted by Gasteiger charge is 2.04. The molecule has 20 heavy (non-hydrogen) atoms. The van der Waals surface area contributed by atoms with Crippen molar-refractivity contribution in [2.24, 2.45) is 0 Å². The zero-order valence-corrected chi connectivity index (χ0v) is 12.7. The molecule has 3 nitrogen and oxygen atoms in total. The maximum absolute atomic E-state index is 11.5. The number of rotatable bonds is 3. The van der Waals surface area contributed by atoms with E-state index < -0.39 is 0 Å². The normalized spacial score (nSPS) is 10.7. The maximum Gasteiger partial charge on any atom is 0.349 e. The van der Waals surface area contributed by atoms with Crippen LogP contribution in [0.3, 0.4) is 0 Å². The number of hydrogen-bond donors (Lipinski definition) is 0. The van der Waals surface area contributed by atoms with Crippen molar-refractivity contribution in [1.29, 1.82) is 0 Å². The van der Waals surface area contributed by atoms with E-state index in [0.29, 0.717) is 21.5 Å². The fourth-order valence-corrected chi connectivity index (χ4v) is 2.34. The average Bonchev–Trinajstić information content (AvgIpc) is 2.47. The molecule has 0 radical (unpaired) electrons. The Morgan fingerprint density at radius 3 is 2.65 bits per heavy atom. The third-order valence-electron chi connectivity index (χ3n) is 2.91. The monoisotopic (exact) mass is 378 g/mol. The Morgan fingerprint density at radius 2 is 1.85 bits per heavy atom. The summed E-state index contributed by atoms with van der Waals surface area (Å²) in [4.78, 5) is 11.5. The second kappa shape index (κ2) is 5.66. The van der Waals surface area contributed by atoms with Crippen LogP contribution in [-0.2, 0) is 6.61 Å². The van der Waals surface area contributed by atoms with E-state index in [0.717, 1.165) is 10.9 Å². The minimum absolute atomic E-state index is 0.321. The predicted octanol–water partition coefficient (Wildman–Crippen LogP) is 3.98. The molecular weight excluding hydrogens is 367 g/mol. The molecule has 0 saturated carbocycles. The maximum atomic E-state index is 11.5. The first-order valence-electron chi connectivity index (χ1n) is 6.12. The van der Waals surface area contributed by atoms with Crippen LogP contribution in [0, 0.1) is 3.57 Å². The fourth-order valence-electron chi connectivity index (χ4n) is 1.90. The van der Waals surface area contributed by atoms with Gasteiger partial charge in [-0.1, -0.05) is 30.3 Å². The van der Waals surface area contributed by atoms with Gasteiger partial charge in [0.05, 0.1) is 3.57 Å². The summed E-state index contributed by atoms with van der Waals surface area (Å²) in [6.45, 7) is 0.487. The van der Waals surface area contributed by atoms with Crippen LogP contribution in [0.4, 0.5) is 0 Å². The molecule has 0 atom stereocenters. The van der Waals surface area contributed by atoms with Crippen molar-refractivity contribution in [3.05, 3.63) is 74.2 Å². The van der Waals surface area contributed by atoms with Crippen LogP contribution in [0.1, 0.15) is 5.56 Å². The van der Waals surface area contributed by atoms with E-state index in [4.69, 9.17) is 9.15 Å². The second-order valence-corrected chi connectivity index (χ2v) is 5.52. The highest BCUT2D eigenvalue weighted by atomic mass is 127. The predicted molar refractivity (Wildman–Crippen MR) is 86.0 cm³/mol. The molecule has 100 valence electrons. The van der Waals surface area contributed by atoms with Crippen LogP contribution >= 0.6 is 22.6 Å². The molecule has 0 N–H and O–H groups in total. The van der Waals surface area contributed by atoms with Gasteiger partial charge in [0.1, 0.15) is 17.9 Å². The average molecular weight is 378 g/mol. The first-order valence-corrected chi connectivity index (χ1v) is 7.20. The molecule has 0 fully saturated rings.